The number of likely N-dealkylation sites (tertiary alicyclic amines) is 1. The number of carboxylic acid groups (broad SMARTS) is 1. The molecule has 1 saturated heterocycles. The fourth-order valence-electron chi connectivity index (χ4n) is 2.14. The summed E-state index contributed by atoms with van der Waals surface area (Å²) >= 11 is 0. The van der Waals surface area contributed by atoms with Gasteiger partial charge in [-0.05, 0) is 19.1 Å². The van der Waals surface area contributed by atoms with E-state index in [1.807, 2.05) is 19.1 Å². The molecule has 0 unspecified atom stereocenters. The summed E-state index contributed by atoms with van der Waals surface area (Å²) in [6, 6.07) is 6.97. The number of nitrogens with one attached hydrogen (secondary N) is 1. The van der Waals surface area contributed by atoms with Gasteiger partial charge >= 0.3 is 12.0 Å². The van der Waals surface area contributed by atoms with Crippen LogP contribution in [0.15, 0.2) is 24.3 Å². The van der Waals surface area contributed by atoms with Gasteiger partial charge in [-0.15, -0.1) is 0 Å². The lowest BCUT2D eigenvalue weighted by Gasteiger charge is -2.38. The monoisotopic (exact) mass is 278 g/mol. The highest BCUT2D eigenvalue weighted by molar-refractivity contribution is 5.90. The van der Waals surface area contributed by atoms with E-state index in [0.717, 1.165) is 0 Å². The summed E-state index contributed by atoms with van der Waals surface area (Å²) in [5.41, 5.74) is 0.669. The van der Waals surface area contributed by atoms with E-state index < -0.39 is 5.97 Å². The number of ether oxygens (including phenoxy) is 1. The Bertz CT molecular complexity index is 498. The molecule has 1 aromatic carbocycles. The lowest BCUT2D eigenvalue weighted by molar-refractivity contribution is -0.139. The van der Waals surface area contributed by atoms with Gasteiger partial charge in [0.15, 0.2) is 0 Å². The summed E-state index contributed by atoms with van der Waals surface area (Å²) in [6.45, 7) is 3.45. The second-order valence-electron chi connectivity index (χ2n) is 4.76. The largest absolute Gasteiger partial charge is 0.494 e. The molecule has 0 atom stereocenters. The molecule has 6 heteroatoms. The third-order valence-corrected chi connectivity index (χ3v) is 3.10. The number of amides is 2. The molecule has 2 amide bonds. The van der Waals surface area contributed by atoms with Crippen LogP contribution in [0.2, 0.25) is 0 Å². The number of urea groups is 1. The van der Waals surface area contributed by atoms with Crippen LogP contribution < -0.4 is 10.1 Å². The summed E-state index contributed by atoms with van der Waals surface area (Å²) in [6.07, 6.45) is 0.115. The number of carbonyl (C=O) groups excluding carboxylic acids is 1. The molecule has 20 heavy (non-hydrogen) atoms. The molecule has 1 aliphatic rings. The van der Waals surface area contributed by atoms with E-state index in [4.69, 9.17) is 9.84 Å². The Labute approximate surface area is 117 Å². The number of hydrogen-bond acceptors (Lipinski definition) is 3. The summed E-state index contributed by atoms with van der Waals surface area (Å²) < 4.78 is 5.36. The molecule has 0 bridgehead atoms. The first-order valence-electron chi connectivity index (χ1n) is 6.59. The van der Waals surface area contributed by atoms with Crippen molar-refractivity contribution in [1.29, 1.82) is 0 Å². The van der Waals surface area contributed by atoms with Crippen molar-refractivity contribution in [3.63, 3.8) is 0 Å². The molecule has 1 aliphatic heterocycles. The van der Waals surface area contributed by atoms with Gasteiger partial charge in [0.25, 0.3) is 0 Å². The van der Waals surface area contributed by atoms with Gasteiger partial charge in [0.2, 0.25) is 0 Å². The summed E-state index contributed by atoms with van der Waals surface area (Å²) in [5.74, 6) is -0.0508. The van der Waals surface area contributed by atoms with Gasteiger partial charge in [-0.25, -0.2) is 4.79 Å². The Morgan fingerprint density at radius 2 is 2.20 bits per heavy atom. The van der Waals surface area contributed by atoms with Crippen LogP contribution in [0.1, 0.15) is 13.3 Å². The van der Waals surface area contributed by atoms with E-state index in [0.29, 0.717) is 31.1 Å². The molecule has 1 aromatic rings. The van der Waals surface area contributed by atoms with Crippen molar-refractivity contribution in [2.45, 2.75) is 13.3 Å². The maximum absolute atomic E-state index is 11.9. The maximum atomic E-state index is 11.9. The average Bonchev–Trinajstić information content (AvgIpc) is 2.33. The number of rotatable bonds is 5. The molecule has 2 rings (SSSR count). The Kier molecular flexibility index (Phi) is 4.45. The Morgan fingerprint density at radius 1 is 1.45 bits per heavy atom. The van der Waals surface area contributed by atoms with Crippen molar-refractivity contribution in [3.05, 3.63) is 24.3 Å². The van der Waals surface area contributed by atoms with Gasteiger partial charge in [-0.1, -0.05) is 6.07 Å². The van der Waals surface area contributed by atoms with Crippen LogP contribution in [0.3, 0.4) is 0 Å². The first-order valence-corrected chi connectivity index (χ1v) is 6.59. The lowest BCUT2D eigenvalue weighted by Crippen LogP contribution is -2.52. The number of aliphatic carboxylic acids is 1. The van der Waals surface area contributed by atoms with Gasteiger partial charge in [0.1, 0.15) is 5.75 Å². The maximum Gasteiger partial charge on any atom is 0.321 e. The first kappa shape index (κ1) is 14.2. The van der Waals surface area contributed by atoms with Crippen molar-refractivity contribution in [2.24, 2.45) is 5.92 Å². The summed E-state index contributed by atoms with van der Waals surface area (Å²) in [7, 11) is 0. The van der Waals surface area contributed by atoms with E-state index in [2.05, 4.69) is 5.32 Å². The second kappa shape index (κ2) is 6.27. The topological polar surface area (TPSA) is 78.9 Å². The van der Waals surface area contributed by atoms with E-state index in [1.54, 1.807) is 17.0 Å². The second-order valence-corrected chi connectivity index (χ2v) is 4.76. The van der Waals surface area contributed by atoms with Crippen LogP contribution in [-0.2, 0) is 4.79 Å². The number of carboxylic acids is 1. The minimum Gasteiger partial charge on any atom is -0.494 e. The van der Waals surface area contributed by atoms with E-state index in [1.165, 1.54) is 0 Å². The van der Waals surface area contributed by atoms with Crippen molar-refractivity contribution in [1.82, 2.24) is 4.90 Å². The van der Waals surface area contributed by atoms with Crippen molar-refractivity contribution in [3.8, 4) is 5.75 Å². The Hall–Kier alpha value is -2.24. The molecule has 0 aromatic heterocycles. The third kappa shape index (κ3) is 3.63. The molecule has 2 N–H and O–H groups in total. The van der Waals surface area contributed by atoms with Crippen LogP contribution in [0.25, 0.3) is 0 Å². The smallest absolute Gasteiger partial charge is 0.321 e. The fourth-order valence-corrected chi connectivity index (χ4v) is 2.14. The van der Waals surface area contributed by atoms with Crippen LogP contribution in [0.5, 0.6) is 5.75 Å². The van der Waals surface area contributed by atoms with Gasteiger partial charge in [0, 0.05) is 30.8 Å². The minimum atomic E-state index is -0.820. The predicted molar refractivity (Wildman–Crippen MR) is 73.9 cm³/mol. The molecule has 0 spiro atoms. The van der Waals surface area contributed by atoms with Crippen LogP contribution in [-0.4, -0.2) is 41.7 Å². The van der Waals surface area contributed by atoms with Gasteiger partial charge < -0.3 is 20.1 Å². The van der Waals surface area contributed by atoms with E-state index in [-0.39, 0.29) is 18.4 Å². The average molecular weight is 278 g/mol. The number of hydrogen-bond donors (Lipinski definition) is 2. The fraction of sp³-hybridized carbons (Fsp3) is 0.429. The normalized spacial score (nSPS) is 14.6. The van der Waals surface area contributed by atoms with Crippen LogP contribution >= 0.6 is 0 Å². The van der Waals surface area contributed by atoms with Gasteiger partial charge in [-0.2, -0.15) is 0 Å². The molecule has 1 fully saturated rings. The summed E-state index contributed by atoms with van der Waals surface area (Å²) in [4.78, 5) is 24.1. The van der Waals surface area contributed by atoms with E-state index in [9.17, 15) is 9.59 Å². The zero-order chi connectivity index (χ0) is 14.5. The molecule has 6 nitrogen and oxygen atoms in total. The lowest BCUT2D eigenvalue weighted by atomic mass is 9.97. The molecular formula is C14H18N2O4. The predicted octanol–water partition coefficient (Wildman–Crippen LogP) is 2.02. The number of nitrogens with zero attached hydrogens (tertiary/aromatic N) is 1. The minimum absolute atomic E-state index is 0.0630. The molecule has 0 saturated carbocycles. The quantitative estimate of drug-likeness (QED) is 0.863. The van der Waals surface area contributed by atoms with Crippen molar-refractivity contribution in [2.75, 3.05) is 25.0 Å². The van der Waals surface area contributed by atoms with E-state index >= 15 is 0 Å². The molecule has 1 heterocycles. The highest BCUT2D eigenvalue weighted by Crippen LogP contribution is 2.22. The molecule has 0 aliphatic carbocycles. The zero-order valence-electron chi connectivity index (χ0n) is 11.3. The van der Waals surface area contributed by atoms with Crippen LogP contribution in [0.4, 0.5) is 10.5 Å². The number of carbonyl (C=O) groups is 2. The SMILES string of the molecule is CCOc1cccc(NC(=O)N2CC(CC(=O)O)C2)c1. The standard InChI is InChI=1S/C14H18N2O4/c1-2-20-12-5-3-4-11(7-12)15-14(19)16-8-10(9-16)6-13(17)18/h3-5,7,10H,2,6,8-9H2,1H3,(H,15,19)(H,17,18). The Morgan fingerprint density at radius 3 is 2.85 bits per heavy atom. The molecular weight excluding hydrogens is 260 g/mol. The van der Waals surface area contributed by atoms with Gasteiger partial charge in [-0.3, -0.25) is 4.79 Å². The van der Waals surface area contributed by atoms with Crippen LogP contribution in [0, 0.1) is 5.92 Å². The van der Waals surface area contributed by atoms with Gasteiger partial charge in [0.05, 0.1) is 13.0 Å². The summed E-state index contributed by atoms with van der Waals surface area (Å²) in [5, 5.41) is 11.4. The van der Waals surface area contributed by atoms with Crippen molar-refractivity contribution >= 4 is 17.7 Å². The highest BCUT2D eigenvalue weighted by atomic mass is 16.5. The third-order valence-electron chi connectivity index (χ3n) is 3.10. The Balaban J connectivity index is 1.83. The highest BCUT2D eigenvalue weighted by Gasteiger charge is 2.32. The molecule has 0 radical (unpaired) electrons. The van der Waals surface area contributed by atoms with Crippen molar-refractivity contribution < 1.29 is 19.4 Å². The number of benzene rings is 1. The molecule has 108 valence electrons. The number of anilines is 1. The zero-order valence-corrected chi connectivity index (χ0v) is 11.3. The first-order chi connectivity index (χ1) is 9.58.